The molecule has 1 heterocycles. The molecule has 1 aliphatic heterocycles. The van der Waals surface area contributed by atoms with Crippen LogP contribution in [0.1, 0.15) is 6.42 Å². The van der Waals surface area contributed by atoms with E-state index in [-0.39, 0.29) is 23.7 Å². The normalized spacial score (nSPS) is 39.9. The number of hydrogen-bond donors (Lipinski definition) is 0. The second-order valence-electron chi connectivity index (χ2n) is 4.82. The molecule has 0 radical (unpaired) electrons. The number of likely N-dealkylation sites (tertiary alicyclic amines) is 1. The molecule has 1 saturated carbocycles. The molecule has 3 rings (SSSR count). The van der Waals surface area contributed by atoms with Gasteiger partial charge in [0.15, 0.2) is 0 Å². The molecule has 4 nitrogen and oxygen atoms in total. The smallest absolute Gasteiger partial charge is 0.233 e. The molecule has 2 bridgehead atoms. The predicted molar refractivity (Wildman–Crippen MR) is 56.3 cm³/mol. The van der Waals surface area contributed by atoms with E-state index in [1.807, 2.05) is 0 Å². The van der Waals surface area contributed by atoms with Crippen molar-refractivity contribution in [1.82, 2.24) is 4.90 Å². The molecule has 16 heavy (non-hydrogen) atoms. The second kappa shape index (κ2) is 3.42. The third-order valence-corrected chi connectivity index (χ3v) is 4.08. The maximum absolute atomic E-state index is 12.1. The van der Waals surface area contributed by atoms with Crippen LogP contribution in [0.25, 0.3) is 0 Å². The van der Waals surface area contributed by atoms with Crippen molar-refractivity contribution in [3.63, 3.8) is 0 Å². The molecule has 86 valence electrons. The zero-order valence-electron chi connectivity index (χ0n) is 9.26. The van der Waals surface area contributed by atoms with Crippen molar-refractivity contribution in [3.8, 4) is 0 Å². The van der Waals surface area contributed by atoms with Crippen molar-refractivity contribution in [2.45, 2.75) is 6.42 Å². The van der Waals surface area contributed by atoms with E-state index in [1.54, 1.807) is 7.11 Å². The van der Waals surface area contributed by atoms with Crippen LogP contribution in [-0.4, -0.2) is 37.0 Å². The van der Waals surface area contributed by atoms with E-state index in [9.17, 15) is 9.59 Å². The molecule has 3 aliphatic rings. The molecule has 2 amide bonds. The molecule has 0 aromatic rings. The van der Waals surface area contributed by atoms with Gasteiger partial charge in [-0.3, -0.25) is 14.5 Å². The molecule has 2 fully saturated rings. The molecular formula is C12H15NO3. The molecule has 2 aliphatic carbocycles. The van der Waals surface area contributed by atoms with Gasteiger partial charge >= 0.3 is 0 Å². The number of hydrogen-bond acceptors (Lipinski definition) is 3. The van der Waals surface area contributed by atoms with Crippen LogP contribution in [0, 0.1) is 23.7 Å². The number of methoxy groups -OCH3 is 1. The highest BCUT2D eigenvalue weighted by Gasteiger charge is 2.58. The Bertz CT molecular complexity index is 346. The van der Waals surface area contributed by atoms with Gasteiger partial charge < -0.3 is 4.74 Å². The number of ether oxygens (including phenoxy) is 1. The van der Waals surface area contributed by atoms with Gasteiger partial charge in [-0.15, -0.1) is 0 Å². The largest absolute Gasteiger partial charge is 0.383 e. The Hall–Kier alpha value is -1.16. The summed E-state index contributed by atoms with van der Waals surface area (Å²) in [5, 5.41) is 0. The lowest BCUT2D eigenvalue weighted by atomic mass is 9.85. The third kappa shape index (κ3) is 1.13. The number of nitrogens with zero attached hydrogens (tertiary/aromatic N) is 1. The summed E-state index contributed by atoms with van der Waals surface area (Å²) in [6, 6.07) is 0. The fourth-order valence-corrected chi connectivity index (χ4v) is 3.37. The topological polar surface area (TPSA) is 46.6 Å². The van der Waals surface area contributed by atoms with Crippen molar-refractivity contribution < 1.29 is 14.3 Å². The van der Waals surface area contributed by atoms with Gasteiger partial charge in [-0.05, 0) is 18.3 Å². The van der Waals surface area contributed by atoms with Gasteiger partial charge in [0.2, 0.25) is 11.8 Å². The van der Waals surface area contributed by atoms with E-state index in [2.05, 4.69) is 12.2 Å². The summed E-state index contributed by atoms with van der Waals surface area (Å²) in [6.45, 7) is 0.834. The highest BCUT2D eigenvalue weighted by Crippen LogP contribution is 2.52. The van der Waals surface area contributed by atoms with Crippen molar-refractivity contribution in [2.75, 3.05) is 20.3 Å². The van der Waals surface area contributed by atoms with Crippen molar-refractivity contribution >= 4 is 11.8 Å². The molecule has 1 saturated heterocycles. The number of carbonyl (C=O) groups is 2. The van der Waals surface area contributed by atoms with E-state index in [0.717, 1.165) is 6.42 Å². The average molecular weight is 221 g/mol. The van der Waals surface area contributed by atoms with Gasteiger partial charge in [0.05, 0.1) is 25.0 Å². The van der Waals surface area contributed by atoms with Crippen LogP contribution in [-0.2, 0) is 14.3 Å². The van der Waals surface area contributed by atoms with Crippen molar-refractivity contribution in [1.29, 1.82) is 0 Å². The quantitative estimate of drug-likeness (QED) is 0.513. The summed E-state index contributed by atoms with van der Waals surface area (Å²) in [5.41, 5.74) is 0. The number of allylic oxidation sites excluding steroid dienone is 2. The Kier molecular flexibility index (Phi) is 2.14. The first kappa shape index (κ1) is 10.0. The lowest BCUT2D eigenvalue weighted by molar-refractivity contribution is -0.141. The molecule has 2 unspecified atom stereocenters. The molecular weight excluding hydrogens is 206 g/mol. The number of amides is 2. The average Bonchev–Trinajstić information content (AvgIpc) is 2.92. The maximum atomic E-state index is 12.1. The number of imide groups is 1. The lowest BCUT2D eigenvalue weighted by Crippen LogP contribution is -2.35. The molecule has 0 N–H and O–H groups in total. The van der Waals surface area contributed by atoms with Crippen LogP contribution >= 0.6 is 0 Å². The monoisotopic (exact) mass is 221 g/mol. The van der Waals surface area contributed by atoms with Gasteiger partial charge in [-0.2, -0.15) is 0 Å². The van der Waals surface area contributed by atoms with E-state index >= 15 is 0 Å². The zero-order chi connectivity index (χ0) is 11.3. The molecule has 0 spiro atoms. The highest BCUT2D eigenvalue weighted by atomic mass is 16.5. The van der Waals surface area contributed by atoms with E-state index in [4.69, 9.17) is 4.74 Å². The summed E-state index contributed by atoms with van der Waals surface area (Å²) >= 11 is 0. The van der Waals surface area contributed by atoms with Crippen molar-refractivity contribution in [2.24, 2.45) is 23.7 Å². The van der Waals surface area contributed by atoms with Gasteiger partial charge in [0, 0.05) is 7.11 Å². The minimum absolute atomic E-state index is 0.0175. The van der Waals surface area contributed by atoms with Gasteiger partial charge in [0.1, 0.15) is 0 Å². The minimum Gasteiger partial charge on any atom is -0.383 e. The first-order valence-electron chi connectivity index (χ1n) is 5.76. The summed E-state index contributed by atoms with van der Waals surface area (Å²) in [4.78, 5) is 25.6. The summed E-state index contributed by atoms with van der Waals surface area (Å²) in [6.07, 6.45) is 5.21. The molecule has 0 aromatic heterocycles. The number of carbonyl (C=O) groups excluding carboxylic acids is 2. The van der Waals surface area contributed by atoms with Crippen LogP contribution in [0.15, 0.2) is 12.2 Å². The second-order valence-corrected chi connectivity index (χ2v) is 4.82. The van der Waals surface area contributed by atoms with Crippen LogP contribution in [0.2, 0.25) is 0 Å². The Labute approximate surface area is 94.2 Å². The lowest BCUT2D eigenvalue weighted by Gasteiger charge is -2.16. The Balaban J connectivity index is 1.83. The van der Waals surface area contributed by atoms with Crippen LogP contribution in [0.4, 0.5) is 0 Å². The standard InChI is InChI=1S/C12H15NO3/c1-16-5-4-13-11(14)9-7-2-3-8(6-7)10(9)12(13)15/h2-3,7-10H,4-6H2,1H3/t7?,8?,9-,10+. The first-order chi connectivity index (χ1) is 7.74. The zero-order valence-corrected chi connectivity index (χ0v) is 9.26. The molecule has 4 atom stereocenters. The van der Waals surface area contributed by atoms with Gasteiger partial charge in [0.25, 0.3) is 0 Å². The third-order valence-electron chi connectivity index (χ3n) is 4.08. The molecule has 0 aromatic carbocycles. The fraction of sp³-hybridized carbons (Fsp3) is 0.667. The SMILES string of the molecule is COCCN1C(=O)[C@@H]2C3C=CC(C3)[C@@H]2C1=O. The van der Waals surface area contributed by atoms with Crippen LogP contribution in [0.5, 0.6) is 0 Å². The fourth-order valence-electron chi connectivity index (χ4n) is 3.37. The number of rotatable bonds is 3. The van der Waals surface area contributed by atoms with Crippen molar-refractivity contribution in [3.05, 3.63) is 12.2 Å². The summed E-state index contributed by atoms with van der Waals surface area (Å²) in [7, 11) is 1.58. The van der Waals surface area contributed by atoms with E-state index in [1.165, 1.54) is 4.90 Å². The highest BCUT2D eigenvalue weighted by molar-refractivity contribution is 6.06. The summed E-state index contributed by atoms with van der Waals surface area (Å²) < 4.78 is 4.93. The Morgan fingerprint density at radius 1 is 1.25 bits per heavy atom. The Morgan fingerprint density at radius 3 is 2.31 bits per heavy atom. The van der Waals surface area contributed by atoms with Gasteiger partial charge in [-0.1, -0.05) is 12.2 Å². The summed E-state index contributed by atoms with van der Waals surface area (Å²) in [5.74, 6) is 0.504. The van der Waals surface area contributed by atoms with E-state index in [0.29, 0.717) is 25.0 Å². The Morgan fingerprint density at radius 2 is 1.81 bits per heavy atom. The minimum atomic E-state index is -0.0700. The van der Waals surface area contributed by atoms with E-state index < -0.39 is 0 Å². The van der Waals surface area contributed by atoms with Gasteiger partial charge in [-0.25, -0.2) is 0 Å². The maximum Gasteiger partial charge on any atom is 0.233 e. The van der Waals surface area contributed by atoms with Crippen LogP contribution in [0.3, 0.4) is 0 Å². The molecule has 4 heteroatoms. The first-order valence-corrected chi connectivity index (χ1v) is 5.76. The van der Waals surface area contributed by atoms with Crippen LogP contribution < -0.4 is 0 Å². The predicted octanol–water partition coefficient (Wildman–Crippen LogP) is 0.440. The number of fused-ring (bicyclic) bond motifs is 5.